The van der Waals surface area contributed by atoms with Gasteiger partial charge < -0.3 is 18.3 Å². The van der Waals surface area contributed by atoms with Gasteiger partial charge in [-0.15, -0.1) is 0 Å². The fourth-order valence-electron chi connectivity index (χ4n) is 11.5. The van der Waals surface area contributed by atoms with Gasteiger partial charge in [-0.3, -0.25) is 9.97 Å². The zero-order chi connectivity index (χ0) is 42.2. The molecule has 2 aliphatic rings. The molecule has 64 heavy (non-hydrogen) atoms. The van der Waals surface area contributed by atoms with Crippen molar-refractivity contribution in [1.82, 2.24) is 28.2 Å². The molecule has 0 saturated carbocycles. The van der Waals surface area contributed by atoms with Crippen LogP contribution in [-0.2, 0) is 13.1 Å². The molecule has 0 N–H and O–H groups in total. The van der Waals surface area contributed by atoms with E-state index in [0.717, 1.165) is 46.7 Å². The van der Waals surface area contributed by atoms with Crippen LogP contribution in [0.4, 0.5) is 0 Å². The zero-order valence-electron chi connectivity index (χ0n) is 35.4. The molecule has 0 saturated heterocycles. The van der Waals surface area contributed by atoms with Crippen LogP contribution in [0.1, 0.15) is 13.8 Å². The van der Waals surface area contributed by atoms with Gasteiger partial charge in [-0.25, -0.2) is 0 Å². The number of pyridine rings is 4. The van der Waals surface area contributed by atoms with Gasteiger partial charge >= 0.3 is 0 Å². The second-order valence-corrected chi connectivity index (χ2v) is 17.1. The average Bonchev–Trinajstić information content (AvgIpc) is 3.90. The second-order valence-electron chi connectivity index (χ2n) is 17.1. The maximum Gasteiger partial charge on any atom is 0.0791 e. The molecule has 0 amide bonds. The first kappa shape index (κ1) is 35.4. The molecular formula is C58H40N6. The van der Waals surface area contributed by atoms with Crippen LogP contribution in [0.5, 0.6) is 0 Å². The molecule has 0 atom stereocenters. The lowest BCUT2D eigenvalue weighted by molar-refractivity contribution is 0.814. The number of hydrogen-bond donors (Lipinski definition) is 0. The van der Waals surface area contributed by atoms with Gasteiger partial charge in [-0.2, -0.15) is 0 Å². The number of fused-ring (bicyclic) bond motifs is 10. The smallest absolute Gasteiger partial charge is 0.0791 e. The minimum absolute atomic E-state index is 0.773. The lowest BCUT2D eigenvalue weighted by atomic mass is 9.83. The molecule has 8 aromatic carbocycles. The fourth-order valence-corrected chi connectivity index (χ4v) is 11.5. The van der Waals surface area contributed by atoms with Crippen molar-refractivity contribution < 1.29 is 0 Å². The monoisotopic (exact) mass is 820 g/mol. The number of rotatable bonds is 6. The highest BCUT2D eigenvalue weighted by molar-refractivity contribution is 6.41. The Bertz CT molecular complexity index is 3850. The third-order valence-electron chi connectivity index (χ3n) is 14.0. The Morgan fingerprint density at radius 3 is 1.19 bits per heavy atom. The van der Waals surface area contributed by atoms with E-state index >= 15 is 0 Å². The quantitative estimate of drug-likeness (QED) is 0.124. The van der Waals surface area contributed by atoms with E-state index in [1.807, 2.05) is 24.8 Å². The number of aromatic nitrogens is 6. The summed E-state index contributed by atoms with van der Waals surface area (Å²) in [6.07, 6.45) is 7.75. The van der Waals surface area contributed by atoms with E-state index < -0.39 is 0 Å². The summed E-state index contributed by atoms with van der Waals surface area (Å²) < 4.78 is 10.3. The van der Waals surface area contributed by atoms with Crippen LogP contribution >= 0.6 is 0 Å². The van der Waals surface area contributed by atoms with Crippen LogP contribution in [-0.4, -0.2) is 28.2 Å². The van der Waals surface area contributed by atoms with Gasteiger partial charge in [0.25, 0.3) is 0 Å². The van der Waals surface area contributed by atoms with Gasteiger partial charge in [0, 0.05) is 104 Å². The Kier molecular flexibility index (Phi) is 7.27. The fraction of sp³-hybridized carbons (Fsp3) is 0.0690. The number of aryl methyl sites for hydroxylation is 2. The van der Waals surface area contributed by atoms with Crippen molar-refractivity contribution in [3.05, 3.63) is 183 Å². The molecule has 0 aliphatic carbocycles. The summed E-state index contributed by atoms with van der Waals surface area (Å²) >= 11 is 0. The van der Waals surface area contributed by atoms with E-state index in [9.17, 15) is 0 Å². The van der Waals surface area contributed by atoms with Gasteiger partial charge in [0.05, 0.1) is 44.1 Å². The van der Waals surface area contributed by atoms with Crippen LogP contribution < -0.4 is 0 Å². The number of nitrogens with zero attached hydrogens (tertiary/aromatic N) is 6. The molecule has 0 unspecified atom stereocenters. The van der Waals surface area contributed by atoms with Crippen molar-refractivity contribution in [3.63, 3.8) is 0 Å². The molecule has 2 aliphatic heterocycles. The standard InChI is InChI=1S/C58H40N6/c1-3-61-47-31-37(35-17-15-27-59-33-35)29-43-50-42-24-12-14-26-46(42)64(40-21-9-6-10-22-40)58(50)56-54(51(43)47)53-52-44(30-38(32-48(52)62(56)4-2)36-18-16-28-60-34-36)49-41-23-11-13-25-45(41)63(57(49)55(53)61)39-19-7-5-8-20-39/h5-34H,3-4H2,1-2H3. The minimum Gasteiger partial charge on any atom is -0.339 e. The molecule has 302 valence electrons. The number of para-hydroxylation sites is 4. The predicted octanol–water partition coefficient (Wildman–Crippen LogP) is 14.8. The maximum absolute atomic E-state index is 4.64. The Labute approximate surface area is 368 Å². The zero-order valence-corrected chi connectivity index (χ0v) is 35.4. The Balaban J connectivity index is 1.37. The van der Waals surface area contributed by atoms with E-state index in [4.69, 9.17) is 0 Å². The third-order valence-corrected chi connectivity index (χ3v) is 14.0. The molecule has 14 rings (SSSR count). The topological polar surface area (TPSA) is 45.5 Å². The largest absolute Gasteiger partial charge is 0.339 e. The van der Waals surface area contributed by atoms with Crippen LogP contribution in [0, 0.1) is 0 Å². The second kappa shape index (κ2) is 13.1. The summed E-state index contributed by atoms with van der Waals surface area (Å²) in [5.41, 5.74) is 19.1. The van der Waals surface area contributed by atoms with Crippen LogP contribution in [0.25, 0.3) is 132 Å². The van der Waals surface area contributed by atoms with Crippen LogP contribution in [0.15, 0.2) is 183 Å². The summed E-state index contributed by atoms with van der Waals surface area (Å²) in [5, 5.41) is 10.1. The van der Waals surface area contributed by atoms with Gasteiger partial charge in [0.15, 0.2) is 0 Å². The van der Waals surface area contributed by atoms with Crippen molar-refractivity contribution in [2.45, 2.75) is 26.9 Å². The molecular weight excluding hydrogens is 781 g/mol. The number of benzene rings is 8. The Morgan fingerprint density at radius 2 is 0.781 bits per heavy atom. The lowest BCUT2D eigenvalue weighted by Gasteiger charge is -2.31. The van der Waals surface area contributed by atoms with Crippen molar-refractivity contribution in [3.8, 4) is 44.8 Å². The van der Waals surface area contributed by atoms with Gasteiger partial charge in [-0.1, -0.05) is 84.9 Å². The SMILES string of the molecule is CCn1c2cc(-c3cccnc3)cc3c2c2c(c4c3c3ccccc3n4-c3ccccc3)n(CC)c3cc(-c4cccnc4)cc4c3c-2c1c1c4c2ccccc2n1-c1ccccc1. The van der Waals surface area contributed by atoms with Gasteiger partial charge in [-0.05, 0) is 109 Å². The highest BCUT2D eigenvalue weighted by Crippen LogP contribution is 2.57. The average molecular weight is 821 g/mol. The highest BCUT2D eigenvalue weighted by Gasteiger charge is 2.34. The Morgan fingerprint density at radius 1 is 0.359 bits per heavy atom. The van der Waals surface area contributed by atoms with E-state index in [-0.39, 0.29) is 0 Å². The van der Waals surface area contributed by atoms with E-state index in [1.54, 1.807) is 0 Å². The third kappa shape index (κ3) is 4.53. The molecule has 6 heteroatoms. The summed E-state index contributed by atoms with van der Waals surface area (Å²) in [4.78, 5) is 9.29. The normalized spacial score (nSPS) is 12.3. The van der Waals surface area contributed by atoms with E-state index in [1.165, 1.54) is 98.4 Å². The molecule has 6 heterocycles. The maximum atomic E-state index is 4.64. The van der Waals surface area contributed by atoms with Crippen molar-refractivity contribution in [2.75, 3.05) is 0 Å². The highest BCUT2D eigenvalue weighted by atomic mass is 15.1. The Hall–Kier alpha value is -8.22. The lowest BCUT2D eigenvalue weighted by Crippen LogP contribution is -2.13. The molecule has 0 bridgehead atoms. The summed E-state index contributed by atoms with van der Waals surface area (Å²) in [6.45, 7) is 6.18. The van der Waals surface area contributed by atoms with Crippen molar-refractivity contribution >= 4 is 87.2 Å². The van der Waals surface area contributed by atoms with Gasteiger partial charge in [0.2, 0.25) is 0 Å². The minimum atomic E-state index is 0.773. The summed E-state index contributed by atoms with van der Waals surface area (Å²) in [5.74, 6) is 0. The van der Waals surface area contributed by atoms with Gasteiger partial charge in [0.1, 0.15) is 0 Å². The van der Waals surface area contributed by atoms with Crippen LogP contribution in [0.3, 0.4) is 0 Å². The first-order valence-corrected chi connectivity index (χ1v) is 22.3. The first-order valence-electron chi connectivity index (χ1n) is 22.3. The summed E-state index contributed by atoms with van der Waals surface area (Å²) in [6, 6.07) is 58.2. The molecule has 4 aromatic heterocycles. The van der Waals surface area contributed by atoms with E-state index in [0.29, 0.717) is 0 Å². The van der Waals surface area contributed by atoms with Crippen molar-refractivity contribution in [1.29, 1.82) is 0 Å². The molecule has 6 nitrogen and oxygen atoms in total. The van der Waals surface area contributed by atoms with E-state index in [2.05, 4.69) is 200 Å². The van der Waals surface area contributed by atoms with Crippen LogP contribution in [0.2, 0.25) is 0 Å². The molecule has 0 fully saturated rings. The summed E-state index contributed by atoms with van der Waals surface area (Å²) in [7, 11) is 0. The predicted molar refractivity (Wildman–Crippen MR) is 267 cm³/mol. The van der Waals surface area contributed by atoms with Crippen molar-refractivity contribution in [2.24, 2.45) is 0 Å². The molecule has 0 radical (unpaired) electrons. The molecule has 0 spiro atoms. The molecule has 12 aromatic rings. The first-order chi connectivity index (χ1) is 31.7. The number of hydrogen-bond acceptors (Lipinski definition) is 2.